The molecule has 0 spiro atoms. The maximum Gasteiger partial charge on any atom is 0.130 e. The summed E-state index contributed by atoms with van der Waals surface area (Å²) in [6, 6.07) is 7.42. The normalized spacial score (nSPS) is 10.1. The molecular formula is C20H18O2S. The van der Waals surface area contributed by atoms with Crippen LogP contribution in [0.15, 0.2) is 60.4 Å². The highest BCUT2D eigenvalue weighted by Crippen LogP contribution is 2.37. The Balaban J connectivity index is 2.51. The Hall–Kier alpha value is -2.65. The van der Waals surface area contributed by atoms with Gasteiger partial charge in [-0.15, -0.1) is 0 Å². The van der Waals surface area contributed by atoms with E-state index in [1.807, 2.05) is 24.3 Å². The molecular weight excluding hydrogens is 304 g/mol. The van der Waals surface area contributed by atoms with Crippen LogP contribution in [0, 0.1) is 0 Å². The second-order valence-electron chi connectivity index (χ2n) is 4.82. The van der Waals surface area contributed by atoms with Gasteiger partial charge in [-0.3, -0.25) is 0 Å². The van der Waals surface area contributed by atoms with Gasteiger partial charge in [0.15, 0.2) is 0 Å². The van der Waals surface area contributed by atoms with Gasteiger partial charge in [-0.1, -0.05) is 62.4 Å². The second kappa shape index (κ2) is 7.07. The highest BCUT2D eigenvalue weighted by Gasteiger charge is 2.10. The third kappa shape index (κ3) is 3.41. The van der Waals surface area contributed by atoms with Gasteiger partial charge in [0.05, 0.1) is 0 Å². The molecule has 0 aliphatic heterocycles. The summed E-state index contributed by atoms with van der Waals surface area (Å²) in [5.41, 5.74) is 2.60. The van der Waals surface area contributed by atoms with Crippen LogP contribution in [0.3, 0.4) is 0 Å². The summed E-state index contributed by atoms with van der Waals surface area (Å²) >= 11 is 1.51. The van der Waals surface area contributed by atoms with Gasteiger partial charge in [0.2, 0.25) is 0 Å². The number of phenolic OH excluding ortho intramolecular Hbond substituents is 2. The van der Waals surface area contributed by atoms with Crippen molar-refractivity contribution < 1.29 is 10.2 Å². The molecule has 23 heavy (non-hydrogen) atoms. The SMILES string of the molecule is C=Cc1cc(Sc2cc(C=C)c(O)c(C=C)c2)cc(C=C)c1O. The van der Waals surface area contributed by atoms with Crippen LogP contribution >= 0.6 is 11.8 Å². The molecule has 116 valence electrons. The molecule has 0 bridgehead atoms. The van der Waals surface area contributed by atoms with Crippen LogP contribution in [0.5, 0.6) is 11.5 Å². The Morgan fingerprint density at radius 1 is 0.609 bits per heavy atom. The van der Waals surface area contributed by atoms with Crippen molar-refractivity contribution in [2.75, 3.05) is 0 Å². The Bertz CT molecular complexity index is 678. The van der Waals surface area contributed by atoms with Crippen molar-refractivity contribution in [3.05, 3.63) is 72.8 Å². The van der Waals surface area contributed by atoms with Gasteiger partial charge in [0.1, 0.15) is 11.5 Å². The summed E-state index contributed by atoms with van der Waals surface area (Å²) < 4.78 is 0. The van der Waals surface area contributed by atoms with Crippen LogP contribution in [0.4, 0.5) is 0 Å². The van der Waals surface area contributed by atoms with Crippen LogP contribution in [0.1, 0.15) is 22.3 Å². The van der Waals surface area contributed by atoms with Crippen LogP contribution in [0.2, 0.25) is 0 Å². The number of hydrogen-bond donors (Lipinski definition) is 2. The monoisotopic (exact) mass is 322 g/mol. The van der Waals surface area contributed by atoms with Crippen LogP contribution in [-0.2, 0) is 0 Å². The lowest BCUT2D eigenvalue weighted by Gasteiger charge is -2.11. The molecule has 0 amide bonds. The number of benzene rings is 2. The van der Waals surface area contributed by atoms with Gasteiger partial charge in [-0.25, -0.2) is 0 Å². The third-order valence-corrected chi connectivity index (χ3v) is 4.34. The predicted octanol–water partition coefficient (Wildman–Crippen LogP) is 5.82. The van der Waals surface area contributed by atoms with E-state index in [1.165, 1.54) is 11.8 Å². The van der Waals surface area contributed by atoms with Crippen molar-refractivity contribution in [2.24, 2.45) is 0 Å². The van der Waals surface area contributed by atoms with Crippen molar-refractivity contribution in [1.82, 2.24) is 0 Å². The molecule has 0 aliphatic rings. The zero-order chi connectivity index (χ0) is 17.0. The molecule has 0 unspecified atom stereocenters. The van der Waals surface area contributed by atoms with Crippen molar-refractivity contribution in [3.8, 4) is 11.5 Å². The molecule has 2 N–H and O–H groups in total. The lowest BCUT2D eigenvalue weighted by atomic mass is 10.1. The van der Waals surface area contributed by atoms with E-state index in [0.717, 1.165) is 9.79 Å². The van der Waals surface area contributed by atoms with Crippen LogP contribution in [0.25, 0.3) is 24.3 Å². The molecule has 0 fully saturated rings. The lowest BCUT2D eigenvalue weighted by molar-refractivity contribution is 0.472. The van der Waals surface area contributed by atoms with Crippen molar-refractivity contribution in [2.45, 2.75) is 9.79 Å². The fourth-order valence-electron chi connectivity index (χ4n) is 2.18. The molecule has 2 aromatic rings. The number of phenols is 2. The van der Waals surface area contributed by atoms with Gasteiger partial charge in [-0.05, 0) is 24.3 Å². The summed E-state index contributed by atoms with van der Waals surface area (Å²) in [7, 11) is 0. The van der Waals surface area contributed by atoms with E-state index in [2.05, 4.69) is 26.3 Å². The highest BCUT2D eigenvalue weighted by molar-refractivity contribution is 7.99. The Kier molecular flexibility index (Phi) is 5.14. The largest absolute Gasteiger partial charge is 0.507 e. The van der Waals surface area contributed by atoms with Gasteiger partial charge < -0.3 is 10.2 Å². The summed E-state index contributed by atoms with van der Waals surface area (Å²) in [4.78, 5) is 1.87. The zero-order valence-electron chi connectivity index (χ0n) is 12.7. The van der Waals surface area contributed by atoms with Gasteiger partial charge in [0.25, 0.3) is 0 Å². The second-order valence-corrected chi connectivity index (χ2v) is 5.97. The Morgan fingerprint density at radius 3 is 1.09 bits per heavy atom. The van der Waals surface area contributed by atoms with Gasteiger partial charge >= 0.3 is 0 Å². The fourth-order valence-corrected chi connectivity index (χ4v) is 3.20. The molecule has 2 rings (SSSR count). The summed E-state index contributed by atoms with van der Waals surface area (Å²) in [6.07, 6.45) is 6.42. The molecule has 0 radical (unpaired) electrons. The average molecular weight is 322 g/mol. The first-order valence-electron chi connectivity index (χ1n) is 6.95. The van der Waals surface area contributed by atoms with Gasteiger partial charge in [0, 0.05) is 32.0 Å². The fraction of sp³-hybridized carbons (Fsp3) is 0. The molecule has 2 aromatic carbocycles. The minimum absolute atomic E-state index is 0.170. The van der Waals surface area contributed by atoms with Crippen LogP contribution in [-0.4, -0.2) is 10.2 Å². The van der Waals surface area contributed by atoms with E-state index in [9.17, 15) is 10.2 Å². The summed E-state index contributed by atoms with van der Waals surface area (Å²) in [5.74, 6) is 0.340. The summed E-state index contributed by atoms with van der Waals surface area (Å²) in [6.45, 7) is 14.9. The number of aromatic hydroxyl groups is 2. The average Bonchev–Trinajstić information content (AvgIpc) is 2.57. The molecule has 3 heteroatoms. The first kappa shape index (κ1) is 16.7. The Labute approximate surface area is 140 Å². The lowest BCUT2D eigenvalue weighted by Crippen LogP contribution is -1.86. The van der Waals surface area contributed by atoms with Crippen molar-refractivity contribution >= 4 is 36.1 Å². The van der Waals surface area contributed by atoms with Crippen LogP contribution < -0.4 is 0 Å². The molecule has 0 atom stereocenters. The van der Waals surface area contributed by atoms with Gasteiger partial charge in [-0.2, -0.15) is 0 Å². The molecule has 0 aromatic heterocycles. The first-order valence-corrected chi connectivity index (χ1v) is 7.77. The standard InChI is InChI=1S/C20H18O2S/c1-5-13-9-17(10-14(6-2)19(13)21)23-18-11-15(7-3)20(22)16(8-4)12-18/h5-12,21-22H,1-4H2. The maximum absolute atomic E-state index is 10.1. The quantitative estimate of drug-likeness (QED) is 0.704. The Morgan fingerprint density at radius 2 is 0.870 bits per heavy atom. The number of rotatable bonds is 6. The number of hydrogen-bond acceptors (Lipinski definition) is 3. The molecule has 0 saturated heterocycles. The third-order valence-electron chi connectivity index (χ3n) is 3.40. The molecule has 0 heterocycles. The smallest absolute Gasteiger partial charge is 0.130 e. The first-order chi connectivity index (χ1) is 11.0. The van der Waals surface area contributed by atoms with E-state index in [-0.39, 0.29) is 11.5 Å². The maximum atomic E-state index is 10.1. The molecule has 0 saturated carbocycles. The van der Waals surface area contributed by atoms with E-state index in [1.54, 1.807) is 24.3 Å². The topological polar surface area (TPSA) is 40.5 Å². The van der Waals surface area contributed by atoms with Crippen molar-refractivity contribution in [3.63, 3.8) is 0 Å². The van der Waals surface area contributed by atoms with E-state index >= 15 is 0 Å². The van der Waals surface area contributed by atoms with E-state index in [4.69, 9.17) is 0 Å². The predicted molar refractivity (Wildman–Crippen MR) is 101 cm³/mol. The minimum Gasteiger partial charge on any atom is -0.507 e. The van der Waals surface area contributed by atoms with E-state index in [0.29, 0.717) is 22.3 Å². The van der Waals surface area contributed by atoms with Crippen molar-refractivity contribution in [1.29, 1.82) is 0 Å². The highest BCUT2D eigenvalue weighted by atomic mass is 32.2. The zero-order valence-corrected chi connectivity index (χ0v) is 13.6. The van der Waals surface area contributed by atoms with E-state index < -0.39 is 0 Å². The summed E-state index contributed by atoms with van der Waals surface area (Å²) in [5, 5.41) is 20.1. The minimum atomic E-state index is 0.170. The molecule has 2 nitrogen and oxygen atoms in total. The molecule has 0 aliphatic carbocycles.